The van der Waals surface area contributed by atoms with E-state index in [2.05, 4.69) is 10.6 Å². The van der Waals surface area contributed by atoms with Gasteiger partial charge in [-0.15, -0.1) is 11.8 Å². The van der Waals surface area contributed by atoms with E-state index in [1.807, 2.05) is 42.5 Å². The van der Waals surface area contributed by atoms with Gasteiger partial charge in [0.15, 0.2) is 11.5 Å². The maximum absolute atomic E-state index is 12.5. The van der Waals surface area contributed by atoms with Gasteiger partial charge in [-0.25, -0.2) is 0 Å². The second kappa shape index (κ2) is 10.4. The topological polar surface area (TPSA) is 76.7 Å². The molecule has 0 aliphatic rings. The summed E-state index contributed by atoms with van der Waals surface area (Å²) in [5, 5.41) is 5.70. The van der Waals surface area contributed by atoms with E-state index in [-0.39, 0.29) is 11.8 Å². The van der Waals surface area contributed by atoms with Gasteiger partial charge in [0, 0.05) is 21.8 Å². The molecule has 0 spiro atoms. The average Bonchev–Trinajstić information content (AvgIpc) is 2.78. The monoisotopic (exact) mass is 422 g/mol. The lowest BCUT2D eigenvalue weighted by Gasteiger charge is -2.10. The molecule has 6 nitrogen and oxygen atoms in total. The molecule has 3 aromatic rings. The number of nitrogens with one attached hydrogen (secondary N) is 2. The number of thioether (sulfide) groups is 1. The highest BCUT2D eigenvalue weighted by molar-refractivity contribution is 8.00. The number of rotatable bonds is 8. The van der Waals surface area contributed by atoms with Crippen LogP contribution in [-0.4, -0.2) is 31.8 Å². The maximum Gasteiger partial charge on any atom is 0.255 e. The first-order chi connectivity index (χ1) is 14.6. The number of hydrogen-bond donors (Lipinski definition) is 2. The molecule has 0 radical (unpaired) electrons. The molecule has 3 rings (SSSR count). The zero-order valence-corrected chi connectivity index (χ0v) is 17.5. The Bertz CT molecular complexity index is 1010. The summed E-state index contributed by atoms with van der Waals surface area (Å²) < 4.78 is 10.4. The molecule has 7 heteroatoms. The summed E-state index contributed by atoms with van der Waals surface area (Å²) in [6.45, 7) is 0. The number of ether oxygens (including phenoxy) is 2. The van der Waals surface area contributed by atoms with Crippen molar-refractivity contribution < 1.29 is 19.1 Å². The highest BCUT2D eigenvalue weighted by atomic mass is 32.2. The largest absolute Gasteiger partial charge is 0.493 e. The minimum atomic E-state index is -0.251. The van der Waals surface area contributed by atoms with Gasteiger partial charge in [0.25, 0.3) is 5.91 Å². The van der Waals surface area contributed by atoms with Crippen LogP contribution in [0.5, 0.6) is 11.5 Å². The van der Waals surface area contributed by atoms with Gasteiger partial charge in [0.05, 0.1) is 20.0 Å². The number of methoxy groups -OCH3 is 2. The summed E-state index contributed by atoms with van der Waals surface area (Å²) in [4.78, 5) is 25.5. The number of para-hydroxylation sites is 1. The fourth-order valence-electron chi connectivity index (χ4n) is 2.68. The van der Waals surface area contributed by atoms with Crippen molar-refractivity contribution in [2.45, 2.75) is 4.90 Å². The van der Waals surface area contributed by atoms with Crippen molar-refractivity contribution in [3.63, 3.8) is 0 Å². The summed E-state index contributed by atoms with van der Waals surface area (Å²) in [5.41, 5.74) is 1.90. The summed E-state index contributed by atoms with van der Waals surface area (Å²) in [5.74, 6) is 1.03. The second-order valence-electron chi connectivity index (χ2n) is 6.25. The van der Waals surface area contributed by atoms with Crippen molar-refractivity contribution in [1.29, 1.82) is 0 Å². The highest BCUT2D eigenvalue weighted by Crippen LogP contribution is 2.28. The minimum Gasteiger partial charge on any atom is -0.493 e. The Morgan fingerprint density at radius 1 is 0.800 bits per heavy atom. The van der Waals surface area contributed by atoms with E-state index in [1.165, 1.54) is 18.9 Å². The van der Waals surface area contributed by atoms with Gasteiger partial charge in [0.1, 0.15) is 0 Å². The van der Waals surface area contributed by atoms with Crippen molar-refractivity contribution in [3.05, 3.63) is 78.4 Å². The Balaban J connectivity index is 1.54. The van der Waals surface area contributed by atoms with Crippen LogP contribution in [0.3, 0.4) is 0 Å². The molecule has 3 aromatic carbocycles. The van der Waals surface area contributed by atoms with E-state index < -0.39 is 0 Å². The Morgan fingerprint density at radius 3 is 2.13 bits per heavy atom. The van der Waals surface area contributed by atoms with Gasteiger partial charge in [0.2, 0.25) is 5.91 Å². The third-order valence-corrected chi connectivity index (χ3v) is 5.20. The van der Waals surface area contributed by atoms with E-state index in [0.717, 1.165) is 10.6 Å². The normalized spacial score (nSPS) is 10.2. The van der Waals surface area contributed by atoms with E-state index in [1.54, 1.807) is 37.4 Å². The lowest BCUT2D eigenvalue weighted by molar-refractivity contribution is -0.113. The van der Waals surface area contributed by atoms with Crippen LogP contribution in [0.2, 0.25) is 0 Å². The SMILES string of the molecule is COc1ccc(C(=O)Nc2ccc(SCC(=O)Nc3ccccc3)cc2)cc1OC. The lowest BCUT2D eigenvalue weighted by atomic mass is 10.2. The summed E-state index contributed by atoms with van der Waals surface area (Å²) in [6, 6.07) is 21.7. The fourth-order valence-corrected chi connectivity index (χ4v) is 3.38. The quantitative estimate of drug-likeness (QED) is 0.515. The molecule has 0 aliphatic heterocycles. The van der Waals surface area contributed by atoms with Crippen molar-refractivity contribution in [2.24, 2.45) is 0 Å². The molecule has 0 bridgehead atoms. The molecule has 0 fully saturated rings. The van der Waals surface area contributed by atoms with Crippen LogP contribution in [-0.2, 0) is 4.79 Å². The first-order valence-electron chi connectivity index (χ1n) is 9.20. The maximum atomic E-state index is 12.5. The molecular formula is C23H22N2O4S. The van der Waals surface area contributed by atoms with Gasteiger partial charge in [-0.1, -0.05) is 18.2 Å². The Hall–Kier alpha value is -3.45. The van der Waals surface area contributed by atoms with Gasteiger partial charge < -0.3 is 20.1 Å². The number of benzene rings is 3. The molecule has 0 aliphatic carbocycles. The summed E-state index contributed by atoms with van der Waals surface area (Å²) in [7, 11) is 3.07. The van der Waals surface area contributed by atoms with Crippen molar-refractivity contribution in [3.8, 4) is 11.5 Å². The van der Waals surface area contributed by atoms with Crippen LogP contribution in [0, 0.1) is 0 Å². The third-order valence-electron chi connectivity index (χ3n) is 4.19. The smallest absolute Gasteiger partial charge is 0.255 e. The second-order valence-corrected chi connectivity index (χ2v) is 7.30. The molecule has 154 valence electrons. The first kappa shape index (κ1) is 21.3. The van der Waals surface area contributed by atoms with Crippen molar-refractivity contribution in [2.75, 3.05) is 30.6 Å². The zero-order valence-electron chi connectivity index (χ0n) is 16.7. The Labute approximate surface area is 179 Å². The van der Waals surface area contributed by atoms with E-state index in [0.29, 0.717) is 28.5 Å². The fraction of sp³-hybridized carbons (Fsp3) is 0.130. The van der Waals surface area contributed by atoms with Crippen molar-refractivity contribution in [1.82, 2.24) is 0 Å². The predicted octanol–water partition coefficient (Wildman–Crippen LogP) is 4.69. The summed E-state index contributed by atoms with van der Waals surface area (Å²) >= 11 is 1.43. The molecule has 0 saturated heterocycles. The molecule has 0 atom stereocenters. The molecule has 0 unspecified atom stereocenters. The number of hydrogen-bond acceptors (Lipinski definition) is 5. The predicted molar refractivity (Wildman–Crippen MR) is 120 cm³/mol. The van der Waals surface area contributed by atoms with Crippen LogP contribution in [0.1, 0.15) is 10.4 Å². The molecule has 0 heterocycles. The van der Waals surface area contributed by atoms with E-state index >= 15 is 0 Å². The Kier molecular flexibility index (Phi) is 7.34. The average molecular weight is 423 g/mol. The van der Waals surface area contributed by atoms with Gasteiger partial charge in [-0.3, -0.25) is 9.59 Å². The first-order valence-corrected chi connectivity index (χ1v) is 10.2. The van der Waals surface area contributed by atoms with Gasteiger partial charge in [-0.05, 0) is 54.6 Å². The number of carbonyl (C=O) groups excluding carboxylic acids is 2. The highest BCUT2D eigenvalue weighted by Gasteiger charge is 2.11. The number of carbonyl (C=O) groups is 2. The van der Waals surface area contributed by atoms with E-state index in [4.69, 9.17) is 9.47 Å². The van der Waals surface area contributed by atoms with Crippen LogP contribution in [0.25, 0.3) is 0 Å². The van der Waals surface area contributed by atoms with Gasteiger partial charge in [-0.2, -0.15) is 0 Å². The van der Waals surface area contributed by atoms with Crippen LogP contribution in [0.15, 0.2) is 77.7 Å². The standard InChI is InChI=1S/C23H22N2O4S/c1-28-20-13-8-16(14-21(20)29-2)23(27)25-18-9-11-19(12-10-18)30-15-22(26)24-17-6-4-3-5-7-17/h3-14H,15H2,1-2H3,(H,24,26)(H,25,27). The zero-order chi connectivity index (χ0) is 21.3. The van der Waals surface area contributed by atoms with Crippen LogP contribution in [0.4, 0.5) is 11.4 Å². The molecule has 2 N–H and O–H groups in total. The Morgan fingerprint density at radius 2 is 1.47 bits per heavy atom. The third kappa shape index (κ3) is 5.78. The van der Waals surface area contributed by atoms with Crippen LogP contribution >= 0.6 is 11.8 Å². The van der Waals surface area contributed by atoms with Crippen LogP contribution < -0.4 is 20.1 Å². The van der Waals surface area contributed by atoms with E-state index in [9.17, 15) is 9.59 Å². The molecular weight excluding hydrogens is 400 g/mol. The lowest BCUT2D eigenvalue weighted by Crippen LogP contribution is -2.13. The number of amides is 2. The number of anilines is 2. The molecule has 0 saturated carbocycles. The minimum absolute atomic E-state index is 0.0722. The molecule has 0 aromatic heterocycles. The molecule has 2 amide bonds. The summed E-state index contributed by atoms with van der Waals surface area (Å²) in [6.07, 6.45) is 0. The van der Waals surface area contributed by atoms with Crippen molar-refractivity contribution >= 4 is 35.0 Å². The van der Waals surface area contributed by atoms with Gasteiger partial charge >= 0.3 is 0 Å². The molecule has 30 heavy (non-hydrogen) atoms.